The predicted molar refractivity (Wildman–Crippen MR) is 87.5 cm³/mol. The Morgan fingerprint density at radius 3 is 2.76 bits per heavy atom. The molecule has 2 unspecified atom stereocenters. The number of nitrogens with one attached hydrogen (secondary N) is 1. The van der Waals surface area contributed by atoms with E-state index in [0.29, 0.717) is 12.0 Å². The summed E-state index contributed by atoms with van der Waals surface area (Å²) in [6.45, 7) is 9.65. The number of hydrogen-bond donors (Lipinski definition) is 1. The van der Waals surface area contributed by atoms with Crippen LogP contribution in [-0.4, -0.2) is 16.6 Å². The van der Waals surface area contributed by atoms with E-state index in [-0.39, 0.29) is 5.54 Å². The van der Waals surface area contributed by atoms with Crippen molar-refractivity contribution in [2.75, 3.05) is 0 Å². The zero-order valence-corrected chi connectivity index (χ0v) is 14.0. The van der Waals surface area contributed by atoms with Crippen LogP contribution in [0.1, 0.15) is 65.4 Å². The van der Waals surface area contributed by atoms with Crippen molar-refractivity contribution in [2.45, 2.75) is 78.0 Å². The molecule has 1 N–H and O–H groups in total. The van der Waals surface area contributed by atoms with Gasteiger partial charge in [-0.05, 0) is 58.4 Å². The molecule has 1 aliphatic rings. The number of ether oxygens (including phenoxy) is 1. The van der Waals surface area contributed by atoms with Gasteiger partial charge in [0.15, 0.2) is 0 Å². The molecular formula is C18H30N2O. The van der Waals surface area contributed by atoms with E-state index >= 15 is 0 Å². The molecule has 0 saturated heterocycles. The molecule has 3 nitrogen and oxygen atoms in total. The normalized spacial score (nSPS) is 23.0. The predicted octanol–water partition coefficient (Wildman–Crippen LogP) is 4.32. The van der Waals surface area contributed by atoms with Crippen LogP contribution in [0.2, 0.25) is 0 Å². The number of pyridine rings is 1. The van der Waals surface area contributed by atoms with Crippen molar-refractivity contribution in [3.8, 4) is 5.75 Å². The minimum Gasteiger partial charge on any atom is -0.488 e. The largest absolute Gasteiger partial charge is 0.488 e. The van der Waals surface area contributed by atoms with Gasteiger partial charge in [0.05, 0.1) is 6.20 Å². The summed E-state index contributed by atoms with van der Waals surface area (Å²) in [4.78, 5) is 4.25. The number of hydrogen-bond acceptors (Lipinski definition) is 3. The molecule has 0 aromatic carbocycles. The third kappa shape index (κ3) is 4.99. The number of nitrogens with zero attached hydrogens (tertiary/aromatic N) is 1. The summed E-state index contributed by atoms with van der Waals surface area (Å²) in [6, 6.07) is 2.07. The van der Waals surface area contributed by atoms with Gasteiger partial charge in [-0.3, -0.25) is 4.98 Å². The first-order chi connectivity index (χ1) is 9.99. The summed E-state index contributed by atoms with van der Waals surface area (Å²) in [5.74, 6) is 1.65. The highest BCUT2D eigenvalue weighted by Gasteiger charge is 2.26. The molecule has 0 bridgehead atoms. The lowest BCUT2D eigenvalue weighted by Crippen LogP contribution is -2.35. The third-order valence-electron chi connectivity index (χ3n) is 4.32. The zero-order chi connectivity index (χ0) is 15.3. The lowest BCUT2D eigenvalue weighted by atomic mass is 9.85. The fraction of sp³-hybridized carbons (Fsp3) is 0.722. The molecule has 2 rings (SSSR count). The quantitative estimate of drug-likeness (QED) is 0.877. The first-order valence-electron chi connectivity index (χ1n) is 8.34. The van der Waals surface area contributed by atoms with Crippen molar-refractivity contribution >= 4 is 0 Å². The summed E-state index contributed by atoms with van der Waals surface area (Å²) < 4.78 is 6.35. The Labute approximate surface area is 129 Å². The molecule has 1 aromatic rings. The Hall–Kier alpha value is -1.09. The molecule has 1 aliphatic carbocycles. The second-order valence-electron chi connectivity index (χ2n) is 7.20. The molecule has 0 radical (unpaired) electrons. The maximum absolute atomic E-state index is 6.35. The van der Waals surface area contributed by atoms with Crippen LogP contribution in [0.4, 0.5) is 0 Å². The first kappa shape index (κ1) is 16.3. The van der Waals surface area contributed by atoms with Gasteiger partial charge in [0.1, 0.15) is 11.9 Å². The molecule has 0 spiro atoms. The molecule has 3 heteroatoms. The molecule has 1 aromatic heterocycles. The maximum atomic E-state index is 6.35. The molecule has 0 aliphatic heterocycles. The van der Waals surface area contributed by atoms with Gasteiger partial charge in [-0.15, -0.1) is 0 Å². The van der Waals surface area contributed by atoms with Gasteiger partial charge in [0.2, 0.25) is 0 Å². The van der Waals surface area contributed by atoms with Crippen molar-refractivity contribution in [2.24, 2.45) is 5.92 Å². The van der Waals surface area contributed by atoms with Gasteiger partial charge >= 0.3 is 0 Å². The summed E-state index contributed by atoms with van der Waals surface area (Å²) in [5, 5.41) is 3.53. The Balaban J connectivity index is 2.05. The average molecular weight is 290 g/mol. The van der Waals surface area contributed by atoms with E-state index in [0.717, 1.165) is 12.3 Å². The molecule has 0 amide bonds. The van der Waals surface area contributed by atoms with Crippen LogP contribution < -0.4 is 10.1 Å². The number of rotatable bonds is 5. The van der Waals surface area contributed by atoms with Crippen LogP contribution in [0.25, 0.3) is 0 Å². The topological polar surface area (TPSA) is 34.1 Å². The van der Waals surface area contributed by atoms with Crippen LogP contribution in [0.5, 0.6) is 5.75 Å². The van der Waals surface area contributed by atoms with Gasteiger partial charge in [-0.2, -0.15) is 0 Å². The van der Waals surface area contributed by atoms with Crippen LogP contribution in [-0.2, 0) is 6.54 Å². The number of aromatic nitrogens is 1. The Kier molecular flexibility index (Phi) is 5.63. The summed E-state index contributed by atoms with van der Waals surface area (Å²) >= 11 is 0. The van der Waals surface area contributed by atoms with Crippen molar-refractivity contribution in [3.63, 3.8) is 0 Å². The van der Waals surface area contributed by atoms with Crippen molar-refractivity contribution in [1.29, 1.82) is 0 Å². The second-order valence-corrected chi connectivity index (χ2v) is 7.20. The van der Waals surface area contributed by atoms with Gasteiger partial charge < -0.3 is 10.1 Å². The van der Waals surface area contributed by atoms with Crippen LogP contribution in [0.15, 0.2) is 18.5 Å². The summed E-state index contributed by atoms with van der Waals surface area (Å²) in [5.41, 5.74) is 1.32. The van der Waals surface area contributed by atoms with E-state index in [1.807, 2.05) is 12.4 Å². The van der Waals surface area contributed by atoms with E-state index in [1.54, 1.807) is 0 Å². The van der Waals surface area contributed by atoms with Crippen LogP contribution in [0, 0.1) is 5.92 Å². The minimum absolute atomic E-state index is 0.108. The Morgan fingerprint density at radius 1 is 1.29 bits per heavy atom. The highest BCUT2D eigenvalue weighted by Crippen LogP contribution is 2.31. The van der Waals surface area contributed by atoms with Crippen molar-refractivity contribution < 1.29 is 4.74 Å². The highest BCUT2D eigenvalue weighted by atomic mass is 16.5. The first-order valence-corrected chi connectivity index (χ1v) is 8.34. The molecule has 21 heavy (non-hydrogen) atoms. The van der Waals surface area contributed by atoms with Gasteiger partial charge in [-0.25, -0.2) is 0 Å². The van der Waals surface area contributed by atoms with Gasteiger partial charge in [0, 0.05) is 23.8 Å². The minimum atomic E-state index is 0.108. The van der Waals surface area contributed by atoms with Gasteiger partial charge in [-0.1, -0.05) is 13.3 Å². The molecule has 1 fully saturated rings. The molecular weight excluding hydrogens is 260 g/mol. The zero-order valence-electron chi connectivity index (χ0n) is 14.0. The van der Waals surface area contributed by atoms with E-state index in [4.69, 9.17) is 4.74 Å². The average Bonchev–Trinajstić information content (AvgIpc) is 2.46. The van der Waals surface area contributed by atoms with Crippen LogP contribution in [0.3, 0.4) is 0 Å². The Morgan fingerprint density at radius 2 is 2.05 bits per heavy atom. The molecule has 1 saturated carbocycles. The summed E-state index contributed by atoms with van der Waals surface area (Å²) in [7, 11) is 0. The fourth-order valence-electron chi connectivity index (χ4n) is 2.98. The SMILES string of the molecule is CCC1CCCCC1Oc1cnccc1CNC(C)(C)C. The van der Waals surface area contributed by atoms with Gasteiger partial charge in [0.25, 0.3) is 0 Å². The molecule has 1 heterocycles. The second kappa shape index (κ2) is 7.26. The standard InChI is InChI=1S/C18H30N2O/c1-5-14-8-6-7-9-16(14)21-17-13-19-11-10-15(17)12-20-18(2,3)4/h10-11,13-14,16,20H,5-9,12H2,1-4H3. The van der Waals surface area contributed by atoms with Crippen molar-refractivity contribution in [1.82, 2.24) is 10.3 Å². The van der Waals surface area contributed by atoms with Crippen molar-refractivity contribution in [3.05, 3.63) is 24.0 Å². The lowest BCUT2D eigenvalue weighted by Gasteiger charge is -2.32. The van der Waals surface area contributed by atoms with E-state index in [1.165, 1.54) is 37.7 Å². The van der Waals surface area contributed by atoms with E-state index in [9.17, 15) is 0 Å². The maximum Gasteiger partial charge on any atom is 0.142 e. The molecule has 2 atom stereocenters. The third-order valence-corrected chi connectivity index (χ3v) is 4.32. The lowest BCUT2D eigenvalue weighted by molar-refractivity contribution is 0.0888. The smallest absolute Gasteiger partial charge is 0.142 e. The van der Waals surface area contributed by atoms with Crippen LogP contribution >= 0.6 is 0 Å². The monoisotopic (exact) mass is 290 g/mol. The Bertz CT molecular complexity index is 439. The highest BCUT2D eigenvalue weighted by molar-refractivity contribution is 5.30. The summed E-state index contributed by atoms with van der Waals surface area (Å²) in [6.07, 6.45) is 10.4. The van der Waals surface area contributed by atoms with E-state index < -0.39 is 0 Å². The fourth-order valence-corrected chi connectivity index (χ4v) is 2.98. The molecule has 118 valence electrons. The van der Waals surface area contributed by atoms with E-state index in [2.05, 4.69) is 44.1 Å².